The molecule has 1 unspecified atom stereocenters. The predicted octanol–water partition coefficient (Wildman–Crippen LogP) is 4.59. The van der Waals surface area contributed by atoms with Crippen LogP contribution in [0.1, 0.15) is 38.7 Å². The smallest absolute Gasteiger partial charge is 0.105 e. The van der Waals surface area contributed by atoms with Gasteiger partial charge >= 0.3 is 0 Å². The Morgan fingerprint density at radius 1 is 1.17 bits per heavy atom. The Balaban J connectivity index is 2.21. The first kappa shape index (κ1) is 13.3. The van der Waals surface area contributed by atoms with Crippen molar-refractivity contribution in [3.63, 3.8) is 0 Å². The van der Waals surface area contributed by atoms with Gasteiger partial charge in [-0.05, 0) is 44.9 Å². The van der Waals surface area contributed by atoms with Crippen molar-refractivity contribution < 1.29 is 4.42 Å². The fourth-order valence-electron chi connectivity index (χ4n) is 2.18. The molecule has 3 heteroatoms. The van der Waals surface area contributed by atoms with Crippen LogP contribution in [0.15, 0.2) is 22.7 Å². The van der Waals surface area contributed by atoms with Gasteiger partial charge in [-0.15, -0.1) is 0 Å². The quantitative estimate of drug-likeness (QED) is 0.775. The first-order valence-corrected chi connectivity index (χ1v) is 7.02. The van der Waals surface area contributed by atoms with Crippen molar-refractivity contribution in [2.75, 3.05) is 0 Å². The molecule has 0 spiro atoms. The van der Waals surface area contributed by atoms with Gasteiger partial charge in [0.25, 0.3) is 0 Å². The van der Waals surface area contributed by atoms with Crippen LogP contribution >= 0.6 is 15.9 Å². The molecule has 0 aliphatic rings. The Morgan fingerprint density at radius 3 is 2.39 bits per heavy atom. The molecule has 0 saturated heterocycles. The Kier molecular flexibility index (Phi) is 3.91. The second-order valence-corrected chi connectivity index (χ2v) is 5.86. The average Bonchev–Trinajstić information content (AvgIpc) is 2.56. The lowest BCUT2D eigenvalue weighted by Gasteiger charge is -2.10. The topological polar surface area (TPSA) is 26.0 Å². The zero-order valence-electron chi connectivity index (χ0n) is 11.2. The summed E-state index contributed by atoms with van der Waals surface area (Å²) in [5.41, 5.74) is 4.79. The van der Waals surface area contributed by atoms with Crippen molar-refractivity contribution in [1.29, 1.82) is 0 Å². The van der Waals surface area contributed by atoms with Crippen molar-refractivity contribution in [3.8, 4) is 0 Å². The molecule has 0 N–H and O–H groups in total. The van der Waals surface area contributed by atoms with Gasteiger partial charge in [0.1, 0.15) is 11.5 Å². The molecular weight excluding hydrogens is 290 g/mol. The normalized spacial score (nSPS) is 12.7. The van der Waals surface area contributed by atoms with Gasteiger partial charge in [0.05, 0.1) is 0 Å². The van der Waals surface area contributed by atoms with E-state index in [9.17, 15) is 0 Å². The maximum atomic E-state index is 5.67. The highest BCUT2D eigenvalue weighted by Crippen LogP contribution is 2.34. The SMILES string of the molecule is Cc1ccc(CC(Br)c2c(C)oc(C)c2C)nc1. The van der Waals surface area contributed by atoms with E-state index in [1.807, 2.05) is 20.0 Å². The molecule has 0 amide bonds. The minimum absolute atomic E-state index is 0.255. The van der Waals surface area contributed by atoms with Gasteiger partial charge in [-0.1, -0.05) is 22.0 Å². The van der Waals surface area contributed by atoms with E-state index in [4.69, 9.17) is 4.42 Å². The lowest BCUT2D eigenvalue weighted by molar-refractivity contribution is 0.499. The van der Waals surface area contributed by atoms with Gasteiger partial charge in [-0.3, -0.25) is 4.98 Å². The van der Waals surface area contributed by atoms with Crippen LogP contribution in [0.2, 0.25) is 0 Å². The highest BCUT2D eigenvalue weighted by Gasteiger charge is 2.19. The van der Waals surface area contributed by atoms with E-state index >= 15 is 0 Å². The van der Waals surface area contributed by atoms with Crippen LogP contribution in [0.3, 0.4) is 0 Å². The summed E-state index contributed by atoms with van der Waals surface area (Å²) < 4.78 is 5.67. The first-order valence-electron chi connectivity index (χ1n) is 6.11. The lowest BCUT2D eigenvalue weighted by atomic mass is 10.0. The Hall–Kier alpha value is -1.09. The van der Waals surface area contributed by atoms with Gasteiger partial charge in [0, 0.05) is 28.7 Å². The fraction of sp³-hybridized carbons (Fsp3) is 0.400. The molecule has 0 fully saturated rings. The van der Waals surface area contributed by atoms with Crippen LogP contribution in [0, 0.1) is 27.7 Å². The molecule has 2 rings (SSSR count). The number of hydrogen-bond acceptors (Lipinski definition) is 2. The zero-order valence-corrected chi connectivity index (χ0v) is 12.8. The molecule has 96 valence electrons. The Labute approximate surface area is 117 Å². The van der Waals surface area contributed by atoms with E-state index in [2.05, 4.69) is 46.9 Å². The van der Waals surface area contributed by atoms with E-state index in [-0.39, 0.29) is 4.83 Å². The minimum atomic E-state index is 0.255. The molecule has 2 heterocycles. The van der Waals surface area contributed by atoms with Crippen LogP contribution in [0.25, 0.3) is 0 Å². The largest absolute Gasteiger partial charge is 0.466 e. The third-order valence-electron chi connectivity index (χ3n) is 3.29. The van der Waals surface area contributed by atoms with Crippen molar-refractivity contribution in [3.05, 3.63) is 52.2 Å². The molecule has 0 aromatic carbocycles. The number of alkyl halides is 1. The summed E-state index contributed by atoms with van der Waals surface area (Å²) in [7, 11) is 0. The highest BCUT2D eigenvalue weighted by molar-refractivity contribution is 9.09. The van der Waals surface area contributed by atoms with Crippen LogP contribution in [0.4, 0.5) is 0 Å². The van der Waals surface area contributed by atoms with Crippen LogP contribution in [-0.2, 0) is 6.42 Å². The maximum absolute atomic E-state index is 5.67. The molecule has 18 heavy (non-hydrogen) atoms. The number of pyridine rings is 1. The van der Waals surface area contributed by atoms with Crippen LogP contribution in [0.5, 0.6) is 0 Å². The van der Waals surface area contributed by atoms with Crippen LogP contribution < -0.4 is 0 Å². The average molecular weight is 308 g/mol. The Bertz CT molecular complexity index is 542. The molecule has 2 aromatic rings. The van der Waals surface area contributed by atoms with Gasteiger partial charge in [0.15, 0.2) is 0 Å². The van der Waals surface area contributed by atoms with E-state index in [1.54, 1.807) is 0 Å². The van der Waals surface area contributed by atoms with E-state index in [0.717, 1.165) is 23.6 Å². The highest BCUT2D eigenvalue weighted by atomic mass is 79.9. The van der Waals surface area contributed by atoms with E-state index in [0.29, 0.717) is 0 Å². The van der Waals surface area contributed by atoms with E-state index < -0.39 is 0 Å². The molecule has 2 aromatic heterocycles. The lowest BCUT2D eigenvalue weighted by Crippen LogP contribution is -2.00. The first-order chi connectivity index (χ1) is 8.49. The zero-order chi connectivity index (χ0) is 13.3. The summed E-state index contributed by atoms with van der Waals surface area (Å²) in [6.07, 6.45) is 2.79. The number of furan rings is 1. The van der Waals surface area contributed by atoms with Crippen molar-refractivity contribution in [2.45, 2.75) is 38.9 Å². The summed E-state index contributed by atoms with van der Waals surface area (Å²) in [6, 6.07) is 4.18. The third-order valence-corrected chi connectivity index (χ3v) is 4.07. The van der Waals surface area contributed by atoms with Crippen molar-refractivity contribution >= 4 is 15.9 Å². The molecule has 0 saturated carbocycles. The summed E-state index contributed by atoms with van der Waals surface area (Å²) in [4.78, 5) is 4.70. The number of nitrogens with zero attached hydrogens (tertiary/aromatic N) is 1. The van der Waals surface area contributed by atoms with E-state index in [1.165, 1.54) is 16.7 Å². The number of rotatable bonds is 3. The number of aromatic nitrogens is 1. The van der Waals surface area contributed by atoms with Gasteiger partial charge < -0.3 is 4.42 Å². The number of aryl methyl sites for hydroxylation is 3. The minimum Gasteiger partial charge on any atom is -0.466 e. The molecule has 1 atom stereocenters. The molecule has 0 aliphatic heterocycles. The monoisotopic (exact) mass is 307 g/mol. The van der Waals surface area contributed by atoms with Gasteiger partial charge in [-0.2, -0.15) is 0 Å². The van der Waals surface area contributed by atoms with Crippen molar-refractivity contribution in [2.24, 2.45) is 0 Å². The van der Waals surface area contributed by atoms with Gasteiger partial charge in [0.2, 0.25) is 0 Å². The fourth-order valence-corrected chi connectivity index (χ4v) is 3.17. The number of halogens is 1. The molecular formula is C15H18BrNO. The summed E-state index contributed by atoms with van der Waals surface area (Å²) >= 11 is 3.76. The summed E-state index contributed by atoms with van der Waals surface area (Å²) in [5, 5.41) is 0. The third kappa shape index (κ3) is 2.66. The standard InChI is InChI=1S/C15H18BrNO/c1-9-5-6-13(17-8-9)7-14(16)15-10(2)11(3)18-12(15)4/h5-6,8,14H,7H2,1-4H3. The summed E-state index contributed by atoms with van der Waals surface area (Å²) in [6.45, 7) is 8.19. The Morgan fingerprint density at radius 2 is 1.89 bits per heavy atom. The molecule has 0 aliphatic carbocycles. The van der Waals surface area contributed by atoms with Gasteiger partial charge in [-0.25, -0.2) is 0 Å². The second kappa shape index (κ2) is 5.27. The molecule has 2 nitrogen and oxygen atoms in total. The van der Waals surface area contributed by atoms with Crippen molar-refractivity contribution in [1.82, 2.24) is 4.98 Å². The second-order valence-electron chi connectivity index (χ2n) is 4.75. The molecule has 0 bridgehead atoms. The number of hydrogen-bond donors (Lipinski definition) is 0. The molecule has 0 radical (unpaired) electrons. The summed E-state index contributed by atoms with van der Waals surface area (Å²) in [5.74, 6) is 2.00. The van der Waals surface area contributed by atoms with Crippen LogP contribution in [-0.4, -0.2) is 4.98 Å². The maximum Gasteiger partial charge on any atom is 0.105 e. The predicted molar refractivity (Wildman–Crippen MR) is 77.3 cm³/mol.